The van der Waals surface area contributed by atoms with Crippen molar-refractivity contribution in [1.29, 1.82) is 0 Å². The number of carbonyl (C=O) groups excluding carboxylic acids is 2. The highest BCUT2D eigenvalue weighted by Gasteiger charge is 2.10. The van der Waals surface area contributed by atoms with Crippen LogP contribution < -0.4 is 15.5 Å². The number of anilines is 1. The van der Waals surface area contributed by atoms with Crippen LogP contribution >= 0.6 is 22.9 Å². The Kier molecular flexibility index (Phi) is 7.30. The minimum absolute atomic E-state index is 0.0116. The fourth-order valence-corrected chi connectivity index (χ4v) is 2.60. The van der Waals surface area contributed by atoms with Gasteiger partial charge in [0.05, 0.1) is 19.2 Å². The number of carbonyl (C=O) groups is 2. The molecule has 1 aromatic heterocycles. The van der Waals surface area contributed by atoms with Gasteiger partial charge in [0.2, 0.25) is 16.9 Å². The second kappa shape index (κ2) is 9.68. The molecule has 0 aliphatic carbocycles. The van der Waals surface area contributed by atoms with E-state index in [-0.39, 0.29) is 23.2 Å². The lowest BCUT2D eigenvalue weighted by Crippen LogP contribution is -2.19. The number of halogens is 1. The lowest BCUT2D eigenvalue weighted by atomic mass is 10.2. The van der Waals surface area contributed by atoms with Gasteiger partial charge in [0.1, 0.15) is 10.9 Å². The molecule has 9 nitrogen and oxygen atoms in total. The van der Waals surface area contributed by atoms with Gasteiger partial charge >= 0.3 is 0 Å². The number of hydrazone groups is 1. The minimum Gasteiger partial charge on any atom is -0.504 e. The molecule has 1 heterocycles. The fraction of sp³-hybridized carbons (Fsp3) is 0.267. The Bertz CT molecular complexity index is 811. The number of hydrogen-bond acceptors (Lipinski definition) is 8. The average molecular weight is 398 g/mol. The van der Waals surface area contributed by atoms with Gasteiger partial charge in [0.25, 0.3) is 0 Å². The van der Waals surface area contributed by atoms with E-state index < -0.39 is 11.8 Å². The highest BCUT2D eigenvalue weighted by atomic mass is 35.5. The van der Waals surface area contributed by atoms with Crippen LogP contribution in [0.2, 0.25) is 0 Å². The molecule has 11 heteroatoms. The van der Waals surface area contributed by atoms with E-state index in [0.717, 1.165) is 11.3 Å². The maximum Gasteiger partial charge on any atom is 0.247 e. The molecule has 0 fully saturated rings. The zero-order valence-corrected chi connectivity index (χ0v) is 15.3. The number of aromatic hydroxyl groups is 1. The molecule has 26 heavy (non-hydrogen) atoms. The number of phenolic OH excluding ortho intramolecular Hbond substituents is 1. The molecular formula is C15H16ClN5O4S. The van der Waals surface area contributed by atoms with Gasteiger partial charge in [-0.1, -0.05) is 11.3 Å². The third kappa shape index (κ3) is 5.97. The Morgan fingerprint density at radius 1 is 1.38 bits per heavy atom. The zero-order chi connectivity index (χ0) is 18.9. The molecule has 1 aromatic carbocycles. The van der Waals surface area contributed by atoms with Crippen molar-refractivity contribution < 1.29 is 19.4 Å². The summed E-state index contributed by atoms with van der Waals surface area (Å²) in [6.07, 6.45) is 1.35. The van der Waals surface area contributed by atoms with Crippen LogP contribution in [0.3, 0.4) is 0 Å². The van der Waals surface area contributed by atoms with Crippen LogP contribution in [0.25, 0.3) is 0 Å². The van der Waals surface area contributed by atoms with Crippen LogP contribution in [-0.2, 0) is 16.0 Å². The molecule has 0 unspecified atom stereocenters. The number of phenols is 1. The number of alkyl halides is 1. The summed E-state index contributed by atoms with van der Waals surface area (Å²) in [4.78, 5) is 23.0. The van der Waals surface area contributed by atoms with Crippen LogP contribution in [0.15, 0.2) is 23.3 Å². The van der Waals surface area contributed by atoms with Crippen molar-refractivity contribution >= 4 is 46.1 Å². The van der Waals surface area contributed by atoms with Crippen molar-refractivity contribution in [3.05, 3.63) is 28.8 Å². The first kappa shape index (κ1) is 19.6. The molecule has 2 rings (SSSR count). The van der Waals surface area contributed by atoms with Crippen LogP contribution in [-0.4, -0.2) is 45.8 Å². The fourth-order valence-electron chi connectivity index (χ4n) is 1.78. The summed E-state index contributed by atoms with van der Waals surface area (Å²) in [7, 11) is 0. The second-order valence-electron chi connectivity index (χ2n) is 4.81. The van der Waals surface area contributed by atoms with Gasteiger partial charge in [-0.25, -0.2) is 5.43 Å². The molecule has 3 N–H and O–H groups in total. The third-order valence-electron chi connectivity index (χ3n) is 2.83. The van der Waals surface area contributed by atoms with Gasteiger partial charge < -0.3 is 9.84 Å². The predicted octanol–water partition coefficient (Wildman–Crippen LogP) is 1.51. The highest BCUT2D eigenvalue weighted by molar-refractivity contribution is 7.15. The molecule has 0 bridgehead atoms. The van der Waals surface area contributed by atoms with E-state index in [2.05, 4.69) is 26.0 Å². The molecule has 0 saturated heterocycles. The van der Waals surface area contributed by atoms with Gasteiger partial charge in [-0.2, -0.15) is 5.10 Å². The topological polar surface area (TPSA) is 126 Å². The van der Waals surface area contributed by atoms with E-state index in [4.69, 9.17) is 16.3 Å². The lowest BCUT2D eigenvalue weighted by Gasteiger charge is -2.05. The smallest absolute Gasteiger partial charge is 0.247 e. The van der Waals surface area contributed by atoms with E-state index in [1.165, 1.54) is 12.3 Å². The number of rotatable bonds is 8. The highest BCUT2D eigenvalue weighted by Crippen LogP contribution is 2.26. The molecule has 0 saturated carbocycles. The van der Waals surface area contributed by atoms with Crippen molar-refractivity contribution in [2.75, 3.05) is 17.8 Å². The van der Waals surface area contributed by atoms with Crippen LogP contribution in [0, 0.1) is 0 Å². The number of ether oxygens (including phenoxy) is 1. The van der Waals surface area contributed by atoms with Crippen molar-refractivity contribution in [1.82, 2.24) is 15.6 Å². The van der Waals surface area contributed by atoms with Crippen LogP contribution in [0.4, 0.5) is 5.13 Å². The standard InChI is InChI=1S/C15H16ClN5O4S/c1-2-25-11-4-3-9(5-10(11)22)8-17-19-12(23)6-14-20-21-15(26-14)18-13(24)7-16/h3-5,8,22H,2,6-7H2,1H3,(H,19,23)(H,18,21,24)/b17-8-. The number of amides is 2. The van der Waals surface area contributed by atoms with Gasteiger partial charge in [-0.3, -0.25) is 14.9 Å². The van der Waals surface area contributed by atoms with E-state index in [9.17, 15) is 14.7 Å². The Hall–Kier alpha value is -2.72. The summed E-state index contributed by atoms with van der Waals surface area (Å²) in [6, 6.07) is 4.77. The first-order chi connectivity index (χ1) is 12.5. The minimum atomic E-state index is -0.401. The number of nitrogens with zero attached hydrogens (tertiary/aromatic N) is 3. The molecular weight excluding hydrogens is 382 g/mol. The van der Waals surface area contributed by atoms with Gasteiger partial charge in [0.15, 0.2) is 11.5 Å². The lowest BCUT2D eigenvalue weighted by molar-refractivity contribution is -0.120. The van der Waals surface area contributed by atoms with E-state index >= 15 is 0 Å². The molecule has 138 valence electrons. The second-order valence-corrected chi connectivity index (χ2v) is 6.14. The Morgan fingerprint density at radius 2 is 2.19 bits per heavy atom. The molecule has 0 atom stereocenters. The maximum atomic E-state index is 11.8. The van der Waals surface area contributed by atoms with Crippen molar-refractivity contribution in [3.8, 4) is 11.5 Å². The summed E-state index contributed by atoms with van der Waals surface area (Å²) >= 11 is 6.45. The van der Waals surface area contributed by atoms with Crippen molar-refractivity contribution in [2.45, 2.75) is 13.3 Å². The molecule has 0 spiro atoms. The summed E-state index contributed by atoms with van der Waals surface area (Å²) in [5.74, 6) is -0.625. The Balaban J connectivity index is 1.85. The monoisotopic (exact) mass is 397 g/mol. The molecule has 0 radical (unpaired) electrons. The number of hydrogen-bond donors (Lipinski definition) is 3. The number of aromatic nitrogens is 2. The SMILES string of the molecule is CCOc1ccc(/C=N\NC(=O)Cc2nnc(NC(=O)CCl)s2)cc1O. The van der Waals surface area contributed by atoms with Crippen LogP contribution in [0.5, 0.6) is 11.5 Å². The maximum absolute atomic E-state index is 11.8. The van der Waals surface area contributed by atoms with Crippen molar-refractivity contribution in [2.24, 2.45) is 5.10 Å². The largest absolute Gasteiger partial charge is 0.504 e. The average Bonchev–Trinajstić information content (AvgIpc) is 3.04. The number of benzene rings is 1. The normalized spacial score (nSPS) is 10.7. The van der Waals surface area contributed by atoms with E-state index in [1.54, 1.807) is 12.1 Å². The molecule has 0 aliphatic rings. The first-order valence-electron chi connectivity index (χ1n) is 7.47. The Labute approximate surface area is 158 Å². The van der Waals surface area contributed by atoms with Gasteiger partial charge in [-0.05, 0) is 30.7 Å². The summed E-state index contributed by atoms with van der Waals surface area (Å²) < 4.78 is 5.22. The summed E-state index contributed by atoms with van der Waals surface area (Å²) in [6.45, 7) is 2.26. The van der Waals surface area contributed by atoms with Gasteiger partial charge in [0, 0.05) is 0 Å². The Morgan fingerprint density at radius 3 is 2.88 bits per heavy atom. The number of nitrogens with one attached hydrogen (secondary N) is 2. The molecule has 0 aliphatic heterocycles. The van der Waals surface area contributed by atoms with E-state index in [1.807, 2.05) is 6.92 Å². The van der Waals surface area contributed by atoms with Crippen molar-refractivity contribution in [3.63, 3.8) is 0 Å². The summed E-state index contributed by atoms with van der Waals surface area (Å²) in [5.41, 5.74) is 2.94. The third-order valence-corrected chi connectivity index (χ3v) is 3.91. The predicted molar refractivity (Wildman–Crippen MR) is 98.0 cm³/mol. The summed E-state index contributed by atoms with van der Waals surface area (Å²) in [5, 5.41) is 24.3. The van der Waals surface area contributed by atoms with E-state index in [0.29, 0.717) is 22.9 Å². The zero-order valence-electron chi connectivity index (χ0n) is 13.7. The van der Waals surface area contributed by atoms with Gasteiger partial charge in [-0.15, -0.1) is 21.8 Å². The quantitative estimate of drug-likeness (QED) is 0.352. The van der Waals surface area contributed by atoms with Crippen LogP contribution in [0.1, 0.15) is 17.5 Å². The first-order valence-corrected chi connectivity index (χ1v) is 8.82. The molecule has 2 amide bonds. The molecule has 2 aromatic rings.